The first-order chi connectivity index (χ1) is 6.00. The van der Waals surface area contributed by atoms with E-state index in [2.05, 4.69) is 5.32 Å². The second-order valence-corrected chi connectivity index (χ2v) is 4.96. The summed E-state index contributed by atoms with van der Waals surface area (Å²) in [7, 11) is 0. The first kappa shape index (κ1) is 11.2. The van der Waals surface area contributed by atoms with E-state index in [-0.39, 0.29) is 0 Å². The molecule has 78 valence electrons. The molecule has 1 rings (SSSR count). The Morgan fingerprint density at radius 1 is 1.38 bits per heavy atom. The summed E-state index contributed by atoms with van der Waals surface area (Å²) in [5, 5.41) is 3.00. The highest BCUT2D eigenvalue weighted by Crippen LogP contribution is 2.21. The van der Waals surface area contributed by atoms with Crippen LogP contribution >= 0.6 is 11.8 Å². The topological polar surface area (TPSA) is 12.0 Å². The third kappa shape index (κ3) is 3.81. The van der Waals surface area contributed by atoms with Crippen molar-refractivity contribution in [3.8, 4) is 0 Å². The molecule has 0 amide bonds. The van der Waals surface area contributed by atoms with Crippen LogP contribution in [0.3, 0.4) is 0 Å². The van der Waals surface area contributed by atoms with Crippen molar-refractivity contribution in [2.75, 3.05) is 11.5 Å². The second kappa shape index (κ2) is 4.60. The lowest BCUT2D eigenvalue weighted by atomic mass is 10.1. The average molecular weight is 209 g/mol. The third-order valence-corrected chi connectivity index (χ3v) is 3.52. The molecule has 1 atom stereocenters. The van der Waals surface area contributed by atoms with Crippen molar-refractivity contribution in [1.29, 1.82) is 0 Å². The van der Waals surface area contributed by atoms with E-state index in [1.165, 1.54) is 0 Å². The molecule has 1 fully saturated rings. The highest BCUT2D eigenvalue weighted by atomic mass is 32.2. The minimum absolute atomic E-state index is 0.294. The lowest BCUT2D eigenvalue weighted by Gasteiger charge is -2.29. The summed E-state index contributed by atoms with van der Waals surface area (Å²) < 4.78 is 25.6. The van der Waals surface area contributed by atoms with Gasteiger partial charge >= 0.3 is 0 Å². The fourth-order valence-electron chi connectivity index (χ4n) is 1.36. The Morgan fingerprint density at radius 3 is 2.38 bits per heavy atom. The number of hydrogen-bond acceptors (Lipinski definition) is 2. The van der Waals surface area contributed by atoms with Crippen molar-refractivity contribution in [2.24, 2.45) is 0 Å². The van der Waals surface area contributed by atoms with Crippen molar-refractivity contribution in [3.05, 3.63) is 0 Å². The summed E-state index contributed by atoms with van der Waals surface area (Å²) in [6, 6.07) is -0.414. The second-order valence-electron chi connectivity index (χ2n) is 3.73. The molecule has 1 aliphatic rings. The number of hydrogen-bond donors (Lipinski definition) is 1. The van der Waals surface area contributed by atoms with Gasteiger partial charge in [-0.05, 0) is 31.3 Å². The van der Waals surface area contributed by atoms with Crippen molar-refractivity contribution in [2.45, 2.75) is 44.7 Å². The molecule has 1 saturated heterocycles. The van der Waals surface area contributed by atoms with Crippen molar-refractivity contribution >= 4 is 11.8 Å². The van der Waals surface area contributed by atoms with Gasteiger partial charge in [0.2, 0.25) is 0 Å². The molecule has 1 nitrogen and oxygen atoms in total. The van der Waals surface area contributed by atoms with Crippen molar-refractivity contribution < 1.29 is 8.78 Å². The molecule has 0 aromatic carbocycles. The Bertz CT molecular complexity index is 152. The van der Waals surface area contributed by atoms with Crippen LogP contribution in [-0.2, 0) is 0 Å². The molecular weight excluding hydrogens is 192 g/mol. The molecule has 0 aromatic rings. The molecule has 0 unspecified atom stereocenters. The smallest absolute Gasteiger partial charge is 0.260 e. The molecule has 0 bridgehead atoms. The zero-order valence-corrected chi connectivity index (χ0v) is 8.96. The summed E-state index contributed by atoms with van der Waals surface area (Å²) in [5.74, 6) is -0.413. The Hall–Kier alpha value is 0.170. The highest BCUT2D eigenvalue weighted by molar-refractivity contribution is 7.99. The molecule has 1 aliphatic heterocycles. The van der Waals surface area contributed by atoms with Gasteiger partial charge in [0.25, 0.3) is 5.92 Å². The standard InChI is InChI=1S/C9H17F2NS/c1-7(9(2,10)11)12-8-3-5-13-6-4-8/h7-8,12H,3-6H2,1-2H3/t7-/m0/s1. The molecule has 0 saturated carbocycles. The fourth-order valence-corrected chi connectivity index (χ4v) is 2.47. The van der Waals surface area contributed by atoms with Crippen LogP contribution < -0.4 is 5.32 Å². The maximum atomic E-state index is 12.8. The van der Waals surface area contributed by atoms with E-state index in [9.17, 15) is 8.78 Å². The van der Waals surface area contributed by atoms with E-state index in [0.29, 0.717) is 6.04 Å². The van der Waals surface area contributed by atoms with Crippen LogP contribution in [-0.4, -0.2) is 29.5 Å². The van der Waals surface area contributed by atoms with Crippen LogP contribution in [0.5, 0.6) is 0 Å². The van der Waals surface area contributed by atoms with Crippen molar-refractivity contribution in [1.82, 2.24) is 5.32 Å². The Balaban J connectivity index is 2.30. The number of nitrogens with one attached hydrogen (secondary N) is 1. The van der Waals surface area contributed by atoms with Gasteiger partial charge in [-0.15, -0.1) is 0 Å². The van der Waals surface area contributed by atoms with Gasteiger partial charge < -0.3 is 5.32 Å². The fraction of sp³-hybridized carbons (Fsp3) is 1.00. The van der Waals surface area contributed by atoms with Gasteiger partial charge in [0, 0.05) is 13.0 Å². The van der Waals surface area contributed by atoms with E-state index >= 15 is 0 Å². The molecular formula is C9H17F2NS. The summed E-state index contributed by atoms with van der Waals surface area (Å²) in [6.45, 7) is 2.53. The number of alkyl halides is 2. The van der Waals surface area contributed by atoms with Crippen LogP contribution in [0, 0.1) is 0 Å². The molecule has 13 heavy (non-hydrogen) atoms. The predicted molar refractivity (Wildman–Crippen MR) is 53.6 cm³/mol. The molecule has 1 heterocycles. The van der Waals surface area contributed by atoms with Crippen molar-refractivity contribution in [3.63, 3.8) is 0 Å². The molecule has 0 spiro atoms. The predicted octanol–water partition coefficient (Wildman–Crippen LogP) is 2.52. The van der Waals surface area contributed by atoms with Crippen LogP contribution in [0.15, 0.2) is 0 Å². The highest BCUT2D eigenvalue weighted by Gasteiger charge is 2.31. The summed E-state index contributed by atoms with van der Waals surface area (Å²) >= 11 is 1.91. The summed E-state index contributed by atoms with van der Waals surface area (Å²) in [6.07, 6.45) is 2.04. The Labute approximate surface area is 82.7 Å². The van der Waals surface area contributed by atoms with Gasteiger partial charge in [-0.2, -0.15) is 11.8 Å². The van der Waals surface area contributed by atoms with Gasteiger partial charge in [0.1, 0.15) is 0 Å². The van der Waals surface area contributed by atoms with Gasteiger partial charge in [-0.3, -0.25) is 0 Å². The largest absolute Gasteiger partial charge is 0.306 e. The molecule has 0 aromatic heterocycles. The molecule has 4 heteroatoms. The van der Waals surface area contributed by atoms with Crippen LogP contribution in [0.4, 0.5) is 8.78 Å². The quantitative estimate of drug-likeness (QED) is 0.766. The SMILES string of the molecule is C[C@H](NC1CCSCC1)C(C)(F)F. The average Bonchev–Trinajstić information content (AvgIpc) is 2.04. The lowest BCUT2D eigenvalue weighted by molar-refractivity contribution is -0.0160. The van der Waals surface area contributed by atoms with Gasteiger partial charge in [0.15, 0.2) is 0 Å². The summed E-state index contributed by atoms with van der Waals surface area (Å²) in [4.78, 5) is 0. The maximum Gasteiger partial charge on any atom is 0.260 e. The maximum absolute atomic E-state index is 12.8. The number of rotatable bonds is 3. The van der Waals surface area contributed by atoms with Crippen LogP contribution in [0.25, 0.3) is 0 Å². The van der Waals surface area contributed by atoms with E-state index < -0.39 is 12.0 Å². The molecule has 1 N–H and O–H groups in total. The van der Waals surface area contributed by atoms with Gasteiger partial charge in [-0.1, -0.05) is 0 Å². The van der Waals surface area contributed by atoms with E-state index in [0.717, 1.165) is 31.3 Å². The monoisotopic (exact) mass is 209 g/mol. The van der Waals surface area contributed by atoms with E-state index in [1.54, 1.807) is 6.92 Å². The third-order valence-electron chi connectivity index (χ3n) is 2.47. The normalized spacial score (nSPS) is 23.1. The van der Waals surface area contributed by atoms with Gasteiger partial charge in [0.05, 0.1) is 6.04 Å². The lowest BCUT2D eigenvalue weighted by Crippen LogP contribution is -2.47. The zero-order valence-electron chi connectivity index (χ0n) is 8.15. The zero-order chi connectivity index (χ0) is 9.90. The van der Waals surface area contributed by atoms with Crippen LogP contribution in [0.2, 0.25) is 0 Å². The summed E-state index contributed by atoms with van der Waals surface area (Å²) in [5.41, 5.74) is 0. The van der Waals surface area contributed by atoms with Gasteiger partial charge in [-0.25, -0.2) is 8.78 Å². The molecule has 0 aliphatic carbocycles. The Kier molecular flexibility index (Phi) is 3.98. The Morgan fingerprint density at radius 2 is 1.92 bits per heavy atom. The minimum atomic E-state index is -2.61. The number of thioether (sulfide) groups is 1. The first-order valence-electron chi connectivity index (χ1n) is 4.72. The first-order valence-corrected chi connectivity index (χ1v) is 5.87. The van der Waals surface area contributed by atoms with E-state index in [4.69, 9.17) is 0 Å². The number of halogens is 2. The molecule has 0 radical (unpaired) electrons. The van der Waals surface area contributed by atoms with E-state index in [1.807, 2.05) is 11.8 Å². The minimum Gasteiger partial charge on any atom is -0.306 e. The van der Waals surface area contributed by atoms with Crippen LogP contribution in [0.1, 0.15) is 26.7 Å².